The molecule has 0 aliphatic carbocycles. The Labute approximate surface area is 104 Å². The fourth-order valence-corrected chi connectivity index (χ4v) is 1.84. The van der Waals surface area contributed by atoms with Crippen LogP contribution in [0.3, 0.4) is 0 Å². The maximum atomic E-state index is 11.1. The summed E-state index contributed by atoms with van der Waals surface area (Å²) in [5, 5.41) is 15.3. The van der Waals surface area contributed by atoms with E-state index in [4.69, 9.17) is 4.74 Å². The van der Waals surface area contributed by atoms with Crippen LogP contribution in [0.2, 0.25) is 0 Å². The van der Waals surface area contributed by atoms with E-state index in [1.54, 1.807) is 32.2 Å². The Bertz CT molecular complexity index is 605. The number of benzene rings is 1. The maximum Gasteiger partial charge on any atom is 0.317 e. The number of hydrogen-bond donors (Lipinski definition) is 0. The second-order valence-electron chi connectivity index (χ2n) is 3.86. The highest BCUT2D eigenvalue weighted by atomic mass is 16.6. The minimum Gasteiger partial charge on any atom is -0.496 e. The summed E-state index contributed by atoms with van der Waals surface area (Å²) in [5.41, 5.74) is 1.48. The molecular weight excluding hydrogens is 234 g/mol. The Kier molecular flexibility index (Phi) is 3.01. The van der Waals surface area contributed by atoms with Crippen LogP contribution in [0.4, 0.5) is 5.69 Å². The molecule has 94 valence electrons. The van der Waals surface area contributed by atoms with Crippen LogP contribution in [-0.4, -0.2) is 21.8 Å². The largest absolute Gasteiger partial charge is 0.496 e. The second kappa shape index (κ2) is 4.48. The van der Waals surface area contributed by atoms with Crippen LogP contribution in [0.1, 0.15) is 5.69 Å². The zero-order valence-electron chi connectivity index (χ0n) is 10.4. The summed E-state index contributed by atoms with van der Waals surface area (Å²) >= 11 is 0. The van der Waals surface area contributed by atoms with Crippen molar-refractivity contribution in [2.75, 3.05) is 7.11 Å². The van der Waals surface area contributed by atoms with Gasteiger partial charge in [0.2, 0.25) is 0 Å². The van der Waals surface area contributed by atoms with Gasteiger partial charge in [-0.3, -0.25) is 14.8 Å². The molecule has 0 N–H and O–H groups in total. The van der Waals surface area contributed by atoms with Gasteiger partial charge >= 0.3 is 5.69 Å². The minimum absolute atomic E-state index is 0.0157. The van der Waals surface area contributed by atoms with E-state index in [9.17, 15) is 10.1 Å². The van der Waals surface area contributed by atoms with Crippen LogP contribution < -0.4 is 4.74 Å². The first-order valence-electron chi connectivity index (χ1n) is 5.37. The third kappa shape index (κ3) is 1.81. The molecule has 0 bridgehead atoms. The van der Waals surface area contributed by atoms with Gasteiger partial charge in [0.15, 0.2) is 5.69 Å². The molecule has 6 nitrogen and oxygen atoms in total. The molecule has 1 heterocycles. The summed E-state index contributed by atoms with van der Waals surface area (Å²) in [6.45, 7) is 1.67. The normalized spacial score (nSPS) is 10.4. The molecule has 2 aromatic rings. The van der Waals surface area contributed by atoms with Crippen LogP contribution in [0.5, 0.6) is 5.75 Å². The minimum atomic E-state index is -0.413. The fraction of sp³-hybridized carbons (Fsp3) is 0.250. The lowest BCUT2D eigenvalue weighted by Crippen LogP contribution is -1.94. The molecule has 1 aromatic heterocycles. The van der Waals surface area contributed by atoms with E-state index in [2.05, 4.69) is 5.10 Å². The molecule has 0 unspecified atom stereocenters. The first-order valence-corrected chi connectivity index (χ1v) is 5.37. The maximum absolute atomic E-state index is 11.1. The molecule has 0 saturated heterocycles. The number of ether oxygens (including phenoxy) is 1. The molecular formula is C12H13N3O3. The molecule has 2 rings (SSSR count). The Hall–Kier alpha value is -2.37. The zero-order valence-corrected chi connectivity index (χ0v) is 10.4. The van der Waals surface area contributed by atoms with E-state index in [-0.39, 0.29) is 5.69 Å². The molecule has 1 aromatic carbocycles. The van der Waals surface area contributed by atoms with Crippen LogP contribution in [0.15, 0.2) is 24.3 Å². The van der Waals surface area contributed by atoms with Crippen molar-refractivity contribution in [3.63, 3.8) is 0 Å². The summed E-state index contributed by atoms with van der Waals surface area (Å²) in [6.07, 6.45) is 0. The number of methoxy groups -OCH3 is 1. The highest BCUT2D eigenvalue weighted by Crippen LogP contribution is 2.36. The van der Waals surface area contributed by atoms with Gasteiger partial charge in [0.25, 0.3) is 0 Å². The van der Waals surface area contributed by atoms with Crippen LogP contribution in [0, 0.1) is 17.0 Å². The highest BCUT2D eigenvalue weighted by Gasteiger charge is 2.26. The van der Waals surface area contributed by atoms with E-state index in [0.717, 1.165) is 0 Å². The number of aromatic nitrogens is 2. The van der Waals surface area contributed by atoms with Gasteiger partial charge in [0, 0.05) is 7.05 Å². The van der Waals surface area contributed by atoms with Crippen molar-refractivity contribution in [3.05, 3.63) is 40.1 Å². The molecule has 6 heteroatoms. The quantitative estimate of drug-likeness (QED) is 0.616. The Morgan fingerprint density at radius 1 is 1.39 bits per heavy atom. The van der Waals surface area contributed by atoms with E-state index in [1.807, 2.05) is 6.07 Å². The van der Waals surface area contributed by atoms with E-state index in [1.165, 1.54) is 11.8 Å². The average Bonchev–Trinajstić information content (AvgIpc) is 2.65. The fourth-order valence-electron chi connectivity index (χ4n) is 1.84. The van der Waals surface area contributed by atoms with Crippen molar-refractivity contribution >= 4 is 5.69 Å². The predicted molar refractivity (Wildman–Crippen MR) is 66.6 cm³/mol. The van der Waals surface area contributed by atoms with Gasteiger partial charge in [0.1, 0.15) is 11.4 Å². The van der Waals surface area contributed by atoms with E-state index >= 15 is 0 Å². The topological polar surface area (TPSA) is 70.2 Å². The Balaban J connectivity index is 2.71. The standard InChI is InChI=1S/C12H13N3O3/c1-8-12(15(16)17)11(13-14(8)2)9-6-4-5-7-10(9)18-3/h4-7H,1-3H3. The summed E-state index contributed by atoms with van der Waals surface area (Å²) < 4.78 is 6.71. The lowest BCUT2D eigenvalue weighted by atomic mass is 10.1. The lowest BCUT2D eigenvalue weighted by molar-refractivity contribution is -0.384. The molecule has 0 radical (unpaired) electrons. The smallest absolute Gasteiger partial charge is 0.317 e. The SMILES string of the molecule is COc1ccccc1-c1nn(C)c(C)c1[N+](=O)[O-]. The molecule has 0 fully saturated rings. The van der Waals surface area contributed by atoms with Gasteiger partial charge < -0.3 is 4.74 Å². The summed E-state index contributed by atoms with van der Waals surface area (Å²) in [5.74, 6) is 0.568. The van der Waals surface area contributed by atoms with Crippen molar-refractivity contribution in [2.24, 2.45) is 7.05 Å². The van der Waals surface area contributed by atoms with Gasteiger partial charge in [-0.1, -0.05) is 12.1 Å². The third-order valence-corrected chi connectivity index (χ3v) is 2.85. The molecule has 0 aliphatic rings. The first-order chi connectivity index (χ1) is 8.56. The number of nitro groups is 1. The van der Waals surface area contributed by atoms with Crippen LogP contribution >= 0.6 is 0 Å². The van der Waals surface area contributed by atoms with Gasteiger partial charge in [0.05, 0.1) is 17.6 Å². The number of hydrogen-bond acceptors (Lipinski definition) is 4. The van der Waals surface area contributed by atoms with Crippen molar-refractivity contribution in [2.45, 2.75) is 6.92 Å². The molecule has 0 atom stereocenters. The monoisotopic (exact) mass is 247 g/mol. The van der Waals surface area contributed by atoms with Gasteiger partial charge in [-0.05, 0) is 19.1 Å². The van der Waals surface area contributed by atoms with Gasteiger partial charge in [-0.2, -0.15) is 5.10 Å². The van der Waals surface area contributed by atoms with E-state index < -0.39 is 4.92 Å². The molecule has 0 saturated carbocycles. The van der Waals surface area contributed by atoms with Crippen molar-refractivity contribution < 1.29 is 9.66 Å². The summed E-state index contributed by atoms with van der Waals surface area (Å²) in [7, 11) is 3.21. The number of rotatable bonds is 3. The Morgan fingerprint density at radius 3 is 2.67 bits per heavy atom. The van der Waals surface area contributed by atoms with Gasteiger partial charge in [-0.25, -0.2) is 0 Å². The third-order valence-electron chi connectivity index (χ3n) is 2.85. The lowest BCUT2D eigenvalue weighted by Gasteiger charge is -2.04. The van der Waals surface area contributed by atoms with E-state index in [0.29, 0.717) is 22.7 Å². The Morgan fingerprint density at radius 2 is 2.06 bits per heavy atom. The molecule has 0 aliphatic heterocycles. The van der Waals surface area contributed by atoms with Crippen molar-refractivity contribution in [3.8, 4) is 17.0 Å². The average molecular weight is 247 g/mol. The number of para-hydroxylation sites is 1. The number of aryl methyl sites for hydroxylation is 1. The van der Waals surface area contributed by atoms with Gasteiger partial charge in [-0.15, -0.1) is 0 Å². The highest BCUT2D eigenvalue weighted by molar-refractivity contribution is 5.76. The van der Waals surface area contributed by atoms with Crippen LogP contribution in [-0.2, 0) is 7.05 Å². The molecule has 0 spiro atoms. The first kappa shape index (κ1) is 12.1. The zero-order chi connectivity index (χ0) is 13.3. The molecule has 0 amide bonds. The summed E-state index contributed by atoms with van der Waals surface area (Å²) in [4.78, 5) is 10.7. The second-order valence-corrected chi connectivity index (χ2v) is 3.86. The molecule has 18 heavy (non-hydrogen) atoms. The number of nitrogens with zero attached hydrogens (tertiary/aromatic N) is 3. The summed E-state index contributed by atoms with van der Waals surface area (Å²) in [6, 6.07) is 7.12. The predicted octanol–water partition coefficient (Wildman–Crippen LogP) is 2.31. The van der Waals surface area contributed by atoms with Crippen molar-refractivity contribution in [1.82, 2.24) is 9.78 Å². The van der Waals surface area contributed by atoms with Crippen molar-refractivity contribution in [1.29, 1.82) is 0 Å². The van der Waals surface area contributed by atoms with Crippen LogP contribution in [0.25, 0.3) is 11.3 Å².